The highest BCUT2D eigenvalue weighted by Crippen LogP contribution is 2.27. The summed E-state index contributed by atoms with van der Waals surface area (Å²) in [7, 11) is 1.65. The van der Waals surface area contributed by atoms with Crippen LogP contribution >= 0.6 is 0 Å². The maximum absolute atomic E-state index is 5.49. The molecule has 0 bridgehead atoms. The van der Waals surface area contributed by atoms with Gasteiger partial charge in [0.1, 0.15) is 18.8 Å². The van der Waals surface area contributed by atoms with Crippen LogP contribution in [-0.2, 0) is 24.4 Å². The molecule has 3 aromatic rings. The molecule has 4 heterocycles. The van der Waals surface area contributed by atoms with Gasteiger partial charge >= 0.3 is 0 Å². The second-order valence-corrected chi connectivity index (χ2v) is 7.24. The van der Waals surface area contributed by atoms with E-state index in [-0.39, 0.29) is 0 Å². The molecule has 2 aromatic heterocycles. The highest BCUT2D eigenvalue weighted by Gasteiger charge is 2.20. The van der Waals surface area contributed by atoms with Crippen LogP contribution in [0.4, 0.5) is 5.69 Å². The van der Waals surface area contributed by atoms with E-state index >= 15 is 0 Å². The number of anilines is 1. The molecule has 0 N–H and O–H groups in total. The topological polar surface area (TPSA) is 68.5 Å². The first-order chi connectivity index (χ1) is 13.8. The number of fused-ring (bicyclic) bond motifs is 2. The Balaban J connectivity index is 1.25. The molecule has 8 nitrogen and oxygen atoms in total. The van der Waals surface area contributed by atoms with E-state index in [4.69, 9.17) is 14.5 Å². The summed E-state index contributed by atoms with van der Waals surface area (Å²) in [4.78, 5) is 18.2. The van der Waals surface area contributed by atoms with Gasteiger partial charge in [-0.15, -0.1) is 0 Å². The minimum Gasteiger partial charge on any atom is -0.480 e. The van der Waals surface area contributed by atoms with Gasteiger partial charge in [-0.05, 0) is 18.2 Å². The molecule has 0 radical (unpaired) electrons. The first kappa shape index (κ1) is 17.4. The van der Waals surface area contributed by atoms with Crippen LogP contribution in [0, 0.1) is 0 Å². The number of imidazole rings is 1. The molecule has 0 spiro atoms. The molecule has 1 aromatic carbocycles. The predicted octanol–water partition coefficient (Wildman–Crippen LogP) is 1.69. The molecule has 5 rings (SSSR count). The lowest BCUT2D eigenvalue weighted by molar-refractivity contribution is 0.0816. The molecule has 2 aliphatic heterocycles. The monoisotopic (exact) mass is 380 g/mol. The van der Waals surface area contributed by atoms with Gasteiger partial charge < -0.3 is 18.9 Å². The number of piperazine rings is 1. The minimum atomic E-state index is 0.623. The quantitative estimate of drug-likeness (QED) is 0.682. The third-order valence-corrected chi connectivity index (χ3v) is 5.52. The second-order valence-electron chi connectivity index (χ2n) is 7.24. The zero-order chi connectivity index (χ0) is 18.9. The lowest BCUT2D eigenvalue weighted by atomic mass is 10.2. The predicted molar refractivity (Wildman–Crippen MR) is 105 cm³/mol. The van der Waals surface area contributed by atoms with E-state index in [0.29, 0.717) is 12.5 Å². The van der Waals surface area contributed by atoms with E-state index in [0.717, 1.165) is 68.3 Å². The molecule has 28 heavy (non-hydrogen) atoms. The third kappa shape index (κ3) is 3.29. The average molecular weight is 380 g/mol. The van der Waals surface area contributed by atoms with E-state index in [2.05, 4.69) is 42.7 Å². The average Bonchev–Trinajstić information content (AvgIpc) is 3.16. The van der Waals surface area contributed by atoms with Crippen LogP contribution < -0.4 is 9.64 Å². The Morgan fingerprint density at radius 3 is 2.82 bits per heavy atom. The van der Waals surface area contributed by atoms with Crippen molar-refractivity contribution in [1.82, 2.24) is 24.4 Å². The van der Waals surface area contributed by atoms with Gasteiger partial charge in [0.25, 0.3) is 0 Å². The molecule has 146 valence electrons. The van der Waals surface area contributed by atoms with E-state index in [1.165, 1.54) is 5.69 Å². The van der Waals surface area contributed by atoms with Gasteiger partial charge in [-0.1, -0.05) is 0 Å². The highest BCUT2D eigenvalue weighted by atomic mass is 16.5. The van der Waals surface area contributed by atoms with Gasteiger partial charge in [0.2, 0.25) is 5.88 Å². The van der Waals surface area contributed by atoms with Crippen molar-refractivity contribution in [3.63, 3.8) is 0 Å². The molecular weight excluding hydrogens is 356 g/mol. The van der Waals surface area contributed by atoms with Gasteiger partial charge in [-0.2, -0.15) is 0 Å². The zero-order valence-corrected chi connectivity index (χ0v) is 16.0. The number of hydrogen-bond acceptors (Lipinski definition) is 7. The highest BCUT2D eigenvalue weighted by molar-refractivity contribution is 5.86. The Labute approximate surface area is 163 Å². The Kier molecular flexibility index (Phi) is 4.58. The Hall–Kier alpha value is -2.71. The lowest BCUT2D eigenvalue weighted by Crippen LogP contribution is -2.46. The SMILES string of the molecule is COc1ncnc2ccc(N3CCN(Cc4cn5c(n4)COCC5)CC3)cc12. The zero-order valence-electron chi connectivity index (χ0n) is 16.0. The molecule has 2 aliphatic rings. The molecule has 8 heteroatoms. The molecule has 0 saturated carbocycles. The molecule has 0 amide bonds. The number of rotatable bonds is 4. The molecular formula is C20H24N6O2. The molecule has 0 aliphatic carbocycles. The summed E-state index contributed by atoms with van der Waals surface area (Å²) >= 11 is 0. The summed E-state index contributed by atoms with van der Waals surface area (Å²) in [5, 5.41) is 0.954. The smallest absolute Gasteiger partial charge is 0.224 e. The van der Waals surface area contributed by atoms with Crippen LogP contribution in [0.1, 0.15) is 11.5 Å². The van der Waals surface area contributed by atoms with Crippen molar-refractivity contribution in [2.75, 3.05) is 44.8 Å². The van der Waals surface area contributed by atoms with Crippen LogP contribution in [-0.4, -0.2) is 64.3 Å². The fourth-order valence-electron chi connectivity index (χ4n) is 4.00. The van der Waals surface area contributed by atoms with Gasteiger partial charge in [-0.3, -0.25) is 4.90 Å². The van der Waals surface area contributed by atoms with E-state index in [9.17, 15) is 0 Å². The van der Waals surface area contributed by atoms with E-state index in [1.807, 2.05) is 6.07 Å². The fourth-order valence-corrected chi connectivity index (χ4v) is 4.00. The van der Waals surface area contributed by atoms with Crippen molar-refractivity contribution in [3.05, 3.63) is 42.2 Å². The first-order valence-corrected chi connectivity index (χ1v) is 9.69. The number of ether oxygens (including phenoxy) is 2. The van der Waals surface area contributed by atoms with Crippen molar-refractivity contribution in [2.45, 2.75) is 19.7 Å². The van der Waals surface area contributed by atoms with Crippen molar-refractivity contribution < 1.29 is 9.47 Å². The summed E-state index contributed by atoms with van der Waals surface area (Å²) in [6.45, 7) is 7.21. The van der Waals surface area contributed by atoms with Crippen LogP contribution in [0.15, 0.2) is 30.7 Å². The summed E-state index contributed by atoms with van der Waals surface area (Å²) in [5.74, 6) is 1.67. The van der Waals surface area contributed by atoms with Crippen LogP contribution in [0.5, 0.6) is 5.88 Å². The Bertz CT molecular complexity index is 956. The van der Waals surface area contributed by atoms with Crippen LogP contribution in [0.3, 0.4) is 0 Å². The minimum absolute atomic E-state index is 0.623. The van der Waals surface area contributed by atoms with Crippen molar-refractivity contribution in [3.8, 4) is 5.88 Å². The lowest BCUT2D eigenvalue weighted by Gasteiger charge is -2.35. The van der Waals surface area contributed by atoms with Gasteiger partial charge in [0, 0.05) is 51.2 Å². The maximum Gasteiger partial charge on any atom is 0.224 e. The number of nitrogens with zero attached hydrogens (tertiary/aromatic N) is 6. The standard InChI is InChI=1S/C20H24N6O2/c1-27-20-17-10-16(2-3-18(17)21-14-22-20)25-6-4-24(5-7-25)11-15-12-26-8-9-28-13-19(26)23-15/h2-3,10,12,14H,4-9,11,13H2,1H3. The van der Waals surface area contributed by atoms with Crippen LogP contribution in [0.25, 0.3) is 10.9 Å². The Morgan fingerprint density at radius 1 is 1.11 bits per heavy atom. The maximum atomic E-state index is 5.49. The molecule has 1 saturated heterocycles. The summed E-state index contributed by atoms with van der Waals surface area (Å²) in [6, 6.07) is 6.31. The summed E-state index contributed by atoms with van der Waals surface area (Å²) in [6.07, 6.45) is 3.72. The molecule has 0 atom stereocenters. The van der Waals surface area contributed by atoms with Gasteiger partial charge in [0.05, 0.1) is 30.3 Å². The first-order valence-electron chi connectivity index (χ1n) is 9.69. The van der Waals surface area contributed by atoms with Gasteiger partial charge in [0.15, 0.2) is 0 Å². The number of aromatic nitrogens is 4. The number of benzene rings is 1. The number of hydrogen-bond donors (Lipinski definition) is 0. The Morgan fingerprint density at radius 2 is 2.00 bits per heavy atom. The molecule has 1 fully saturated rings. The third-order valence-electron chi connectivity index (χ3n) is 5.52. The summed E-state index contributed by atoms with van der Waals surface area (Å²) < 4.78 is 13.1. The summed E-state index contributed by atoms with van der Waals surface area (Å²) in [5.41, 5.74) is 3.23. The fraction of sp³-hybridized carbons (Fsp3) is 0.450. The molecule has 0 unspecified atom stereocenters. The number of methoxy groups -OCH3 is 1. The van der Waals surface area contributed by atoms with E-state index in [1.54, 1.807) is 13.4 Å². The van der Waals surface area contributed by atoms with Crippen molar-refractivity contribution in [2.24, 2.45) is 0 Å². The largest absolute Gasteiger partial charge is 0.480 e. The van der Waals surface area contributed by atoms with Crippen LogP contribution in [0.2, 0.25) is 0 Å². The second kappa shape index (κ2) is 7.37. The van der Waals surface area contributed by atoms with Gasteiger partial charge in [-0.25, -0.2) is 15.0 Å². The van der Waals surface area contributed by atoms with Crippen molar-refractivity contribution >= 4 is 16.6 Å². The normalized spacial score (nSPS) is 17.7. The van der Waals surface area contributed by atoms with Crippen molar-refractivity contribution in [1.29, 1.82) is 0 Å². The van der Waals surface area contributed by atoms with E-state index < -0.39 is 0 Å².